The fourth-order valence-corrected chi connectivity index (χ4v) is 9.02. The van der Waals surface area contributed by atoms with Crippen LogP contribution >= 0.6 is 0 Å². The van der Waals surface area contributed by atoms with Gasteiger partial charge in [-0.15, -0.1) is 0 Å². The molecule has 6 heteroatoms. The third-order valence-electron chi connectivity index (χ3n) is 13.6. The topological polar surface area (TPSA) is 78.9 Å². The molecule has 404 valence electrons. The maximum atomic E-state index is 12.9. The van der Waals surface area contributed by atoms with E-state index >= 15 is 0 Å². The van der Waals surface area contributed by atoms with E-state index in [9.17, 15) is 14.4 Å². The van der Waals surface area contributed by atoms with Gasteiger partial charge in [0.25, 0.3) is 0 Å². The Morgan fingerprint density at radius 3 is 0.841 bits per heavy atom. The first kappa shape index (κ1) is 66.6. The number of carbonyl (C=O) groups excluding carboxylic acids is 3. The fourth-order valence-electron chi connectivity index (χ4n) is 9.02. The van der Waals surface area contributed by atoms with Gasteiger partial charge >= 0.3 is 17.9 Å². The molecule has 0 aliphatic carbocycles. The van der Waals surface area contributed by atoms with Crippen LogP contribution in [-0.4, -0.2) is 37.2 Å². The van der Waals surface area contributed by atoms with Crippen LogP contribution in [0.25, 0.3) is 0 Å². The summed E-state index contributed by atoms with van der Waals surface area (Å²) in [7, 11) is 0. The predicted molar refractivity (Wildman–Crippen MR) is 298 cm³/mol. The van der Waals surface area contributed by atoms with E-state index in [4.69, 9.17) is 14.2 Å². The van der Waals surface area contributed by atoms with Crippen LogP contribution in [0.5, 0.6) is 0 Å². The van der Waals surface area contributed by atoms with Crippen molar-refractivity contribution >= 4 is 17.9 Å². The van der Waals surface area contributed by atoms with E-state index < -0.39 is 6.10 Å². The van der Waals surface area contributed by atoms with Crippen molar-refractivity contribution in [3.63, 3.8) is 0 Å². The number of allylic oxidation sites excluding steroid dienone is 6. The second kappa shape index (κ2) is 58.2. The van der Waals surface area contributed by atoms with Gasteiger partial charge in [0.1, 0.15) is 13.2 Å². The lowest BCUT2D eigenvalue weighted by Gasteiger charge is -2.18. The minimum absolute atomic E-state index is 0.0745. The van der Waals surface area contributed by atoms with E-state index in [-0.39, 0.29) is 31.1 Å². The summed E-state index contributed by atoms with van der Waals surface area (Å²) in [5.74, 6) is -0.869. The summed E-state index contributed by atoms with van der Waals surface area (Å²) >= 11 is 0. The zero-order chi connectivity index (χ0) is 50.0. The van der Waals surface area contributed by atoms with Gasteiger partial charge in [-0.05, 0) is 70.6 Å². The molecule has 0 saturated heterocycles. The average molecular weight is 970 g/mol. The number of rotatable bonds is 56. The molecular weight excluding hydrogens is 853 g/mol. The smallest absolute Gasteiger partial charge is 0.306 e. The van der Waals surface area contributed by atoms with Crippen LogP contribution in [0.3, 0.4) is 0 Å². The minimum atomic E-state index is -0.776. The van der Waals surface area contributed by atoms with Gasteiger partial charge in [0, 0.05) is 19.3 Å². The molecule has 1 unspecified atom stereocenters. The predicted octanol–water partition coefficient (Wildman–Crippen LogP) is 20.4. The summed E-state index contributed by atoms with van der Waals surface area (Å²) in [5.41, 5.74) is 0. The lowest BCUT2D eigenvalue weighted by molar-refractivity contribution is -0.167. The minimum Gasteiger partial charge on any atom is -0.462 e. The second-order valence-electron chi connectivity index (χ2n) is 20.6. The van der Waals surface area contributed by atoms with Gasteiger partial charge in [-0.1, -0.05) is 276 Å². The molecule has 0 rings (SSSR count). The van der Waals surface area contributed by atoms with E-state index in [1.165, 1.54) is 225 Å². The largest absolute Gasteiger partial charge is 0.462 e. The summed E-state index contributed by atoms with van der Waals surface area (Å²) in [5, 5.41) is 0. The summed E-state index contributed by atoms with van der Waals surface area (Å²) in [6.07, 6.45) is 69.9. The zero-order valence-electron chi connectivity index (χ0n) is 46.3. The molecule has 1 atom stereocenters. The van der Waals surface area contributed by atoms with Gasteiger partial charge in [0.2, 0.25) is 0 Å². The first-order valence-corrected chi connectivity index (χ1v) is 30.5. The lowest BCUT2D eigenvalue weighted by Crippen LogP contribution is -2.30. The van der Waals surface area contributed by atoms with Crippen LogP contribution in [0.2, 0.25) is 0 Å². The van der Waals surface area contributed by atoms with Gasteiger partial charge in [0.15, 0.2) is 6.10 Å². The van der Waals surface area contributed by atoms with E-state index in [1.807, 2.05) is 0 Å². The number of hydrogen-bond acceptors (Lipinski definition) is 6. The molecule has 0 spiro atoms. The Balaban J connectivity index is 4.34. The first-order valence-electron chi connectivity index (χ1n) is 30.5. The standard InChI is InChI=1S/C63H116O6/c1-4-7-10-13-16-19-22-25-28-30-31-33-35-38-41-44-47-50-53-56-62(65)68-59-60(58-67-61(64)55-52-49-46-43-40-37-34-27-24-21-18-15-12-9-6-3)69-63(66)57-54-51-48-45-42-39-36-32-29-26-23-20-17-14-11-8-5-2/h18,21,24,27,30-31,60H,4-17,19-20,22-23,25-26,28-29,32-59H2,1-3H3/b21-18-,27-24-,31-30-. The Morgan fingerprint density at radius 2 is 0.522 bits per heavy atom. The first-order chi connectivity index (χ1) is 34.0. The van der Waals surface area contributed by atoms with Crippen molar-refractivity contribution in [1.29, 1.82) is 0 Å². The second-order valence-corrected chi connectivity index (χ2v) is 20.6. The van der Waals surface area contributed by atoms with Crippen LogP contribution in [0.1, 0.15) is 329 Å². The molecule has 0 amide bonds. The SMILES string of the molecule is CCCCC/C=C\C=C/CCCCCCCCC(=O)OCC(COC(=O)CCCCCCCCC/C=C\CCCCCCCCCC)OC(=O)CCCCCCCCCCCCCCCCCCC. The molecule has 0 fully saturated rings. The highest BCUT2D eigenvalue weighted by Gasteiger charge is 2.19. The van der Waals surface area contributed by atoms with Crippen LogP contribution in [0, 0.1) is 0 Å². The number of esters is 3. The van der Waals surface area contributed by atoms with Crippen molar-refractivity contribution in [1.82, 2.24) is 0 Å². The maximum Gasteiger partial charge on any atom is 0.306 e. The van der Waals surface area contributed by atoms with Crippen molar-refractivity contribution in [2.24, 2.45) is 0 Å². The van der Waals surface area contributed by atoms with E-state index in [1.54, 1.807) is 0 Å². The van der Waals surface area contributed by atoms with Crippen LogP contribution < -0.4 is 0 Å². The van der Waals surface area contributed by atoms with Crippen LogP contribution in [-0.2, 0) is 28.6 Å². The van der Waals surface area contributed by atoms with Crippen LogP contribution in [0.15, 0.2) is 36.5 Å². The van der Waals surface area contributed by atoms with Gasteiger partial charge in [-0.3, -0.25) is 14.4 Å². The third-order valence-corrected chi connectivity index (χ3v) is 13.6. The maximum absolute atomic E-state index is 12.9. The highest BCUT2D eigenvalue weighted by molar-refractivity contribution is 5.71. The van der Waals surface area contributed by atoms with Crippen molar-refractivity contribution in [2.75, 3.05) is 13.2 Å². The number of unbranched alkanes of at least 4 members (excludes halogenated alkanes) is 40. The molecular formula is C63H116O6. The normalized spacial score (nSPS) is 12.2. The van der Waals surface area contributed by atoms with Crippen molar-refractivity contribution in [3.05, 3.63) is 36.5 Å². The van der Waals surface area contributed by atoms with Gasteiger partial charge in [-0.25, -0.2) is 0 Å². The Morgan fingerprint density at radius 1 is 0.290 bits per heavy atom. The zero-order valence-corrected chi connectivity index (χ0v) is 46.3. The fraction of sp³-hybridized carbons (Fsp3) is 0.857. The third kappa shape index (κ3) is 56.4. The summed E-state index contributed by atoms with van der Waals surface area (Å²) < 4.78 is 16.9. The molecule has 0 aliphatic heterocycles. The molecule has 0 bridgehead atoms. The summed E-state index contributed by atoms with van der Waals surface area (Å²) in [4.78, 5) is 38.2. The van der Waals surface area contributed by atoms with Gasteiger partial charge < -0.3 is 14.2 Å². The number of carbonyl (C=O) groups is 3. The van der Waals surface area contributed by atoms with Gasteiger partial charge in [-0.2, -0.15) is 0 Å². The van der Waals surface area contributed by atoms with Gasteiger partial charge in [0.05, 0.1) is 0 Å². The van der Waals surface area contributed by atoms with Crippen molar-refractivity contribution in [2.45, 2.75) is 335 Å². The molecule has 0 aromatic carbocycles. The Hall–Kier alpha value is -2.37. The highest BCUT2D eigenvalue weighted by atomic mass is 16.6. The summed E-state index contributed by atoms with van der Waals surface area (Å²) in [6.45, 7) is 6.65. The summed E-state index contributed by atoms with van der Waals surface area (Å²) in [6, 6.07) is 0. The van der Waals surface area contributed by atoms with Crippen molar-refractivity contribution < 1.29 is 28.6 Å². The molecule has 0 aliphatic rings. The monoisotopic (exact) mass is 969 g/mol. The van der Waals surface area contributed by atoms with E-state index in [0.29, 0.717) is 19.3 Å². The number of ether oxygens (including phenoxy) is 3. The average Bonchev–Trinajstić information content (AvgIpc) is 3.35. The van der Waals surface area contributed by atoms with Crippen LogP contribution in [0.4, 0.5) is 0 Å². The molecule has 0 N–H and O–H groups in total. The quantitative estimate of drug-likeness (QED) is 0.0199. The molecule has 69 heavy (non-hydrogen) atoms. The Kier molecular flexibility index (Phi) is 56.2. The van der Waals surface area contributed by atoms with Crippen molar-refractivity contribution in [3.8, 4) is 0 Å². The lowest BCUT2D eigenvalue weighted by atomic mass is 10.0. The molecule has 0 aromatic rings. The number of hydrogen-bond donors (Lipinski definition) is 0. The Bertz CT molecular complexity index is 1160. The molecule has 0 saturated carbocycles. The Labute approximate surface area is 429 Å². The van der Waals surface area contributed by atoms with E-state index in [0.717, 1.165) is 64.2 Å². The molecule has 0 aromatic heterocycles. The van der Waals surface area contributed by atoms with E-state index in [2.05, 4.69) is 57.2 Å². The molecule has 6 nitrogen and oxygen atoms in total. The molecule has 0 radical (unpaired) electrons. The highest BCUT2D eigenvalue weighted by Crippen LogP contribution is 2.17. The molecule has 0 heterocycles.